The summed E-state index contributed by atoms with van der Waals surface area (Å²) in [5, 5.41) is 9.95. The minimum Gasteiger partial charge on any atom is -0.389 e. The number of rotatable bonds is 6. The normalized spacial score (nSPS) is 15.8. The molecule has 94 valence electrons. The molecule has 0 aliphatic rings. The zero-order valence-electron chi connectivity index (χ0n) is 11.6. The number of allylic oxidation sites excluding steroid dienone is 3. The predicted molar refractivity (Wildman–Crippen MR) is 72.5 cm³/mol. The van der Waals surface area contributed by atoms with E-state index >= 15 is 0 Å². The van der Waals surface area contributed by atoms with Crippen LogP contribution in [0.1, 0.15) is 60.3 Å². The molecule has 0 saturated carbocycles. The summed E-state index contributed by atoms with van der Waals surface area (Å²) in [5.74, 6) is 0. The molecule has 0 aromatic rings. The van der Waals surface area contributed by atoms with Crippen LogP contribution in [-0.4, -0.2) is 11.2 Å². The summed E-state index contributed by atoms with van der Waals surface area (Å²) in [7, 11) is 0. The topological polar surface area (TPSA) is 20.2 Å². The summed E-state index contributed by atoms with van der Waals surface area (Å²) in [4.78, 5) is 0. The number of hydrogen-bond acceptors (Lipinski definition) is 1. The Kier molecular flexibility index (Phi) is 7.40. The minimum absolute atomic E-state index is 0.269. The van der Waals surface area contributed by atoms with Crippen LogP contribution in [-0.2, 0) is 0 Å². The van der Waals surface area contributed by atoms with E-state index in [1.807, 2.05) is 6.92 Å². The molecule has 0 aliphatic heterocycles. The highest BCUT2D eigenvalue weighted by Crippen LogP contribution is 2.23. The SMILES string of the molecule is CC/C=C/C/C=C(/C)C(O)CCC(C)(C)C. The maximum atomic E-state index is 9.95. The average molecular weight is 224 g/mol. The number of hydrogen-bond donors (Lipinski definition) is 1. The summed E-state index contributed by atoms with van der Waals surface area (Å²) in [5.41, 5.74) is 1.41. The van der Waals surface area contributed by atoms with Gasteiger partial charge in [-0.3, -0.25) is 0 Å². The van der Waals surface area contributed by atoms with Crippen molar-refractivity contribution in [3.63, 3.8) is 0 Å². The molecule has 0 heterocycles. The van der Waals surface area contributed by atoms with E-state index in [4.69, 9.17) is 0 Å². The molecule has 1 nitrogen and oxygen atoms in total. The van der Waals surface area contributed by atoms with Gasteiger partial charge in [0.2, 0.25) is 0 Å². The van der Waals surface area contributed by atoms with E-state index in [9.17, 15) is 5.11 Å². The third-order valence-corrected chi connectivity index (χ3v) is 2.67. The van der Waals surface area contributed by atoms with Gasteiger partial charge >= 0.3 is 0 Å². The van der Waals surface area contributed by atoms with Gasteiger partial charge in [0, 0.05) is 0 Å². The Hall–Kier alpha value is -0.560. The van der Waals surface area contributed by atoms with Gasteiger partial charge < -0.3 is 5.11 Å². The molecule has 0 radical (unpaired) electrons. The highest BCUT2D eigenvalue weighted by molar-refractivity contribution is 5.07. The average Bonchev–Trinajstić information content (AvgIpc) is 2.19. The molecule has 1 N–H and O–H groups in total. The van der Waals surface area contributed by atoms with Crippen molar-refractivity contribution >= 4 is 0 Å². The molecule has 16 heavy (non-hydrogen) atoms. The first-order valence-electron chi connectivity index (χ1n) is 6.36. The van der Waals surface area contributed by atoms with Crippen LogP contribution in [0.5, 0.6) is 0 Å². The maximum absolute atomic E-state index is 9.95. The molecule has 0 aromatic carbocycles. The molecule has 0 aromatic heterocycles. The van der Waals surface area contributed by atoms with Gasteiger partial charge in [0.1, 0.15) is 0 Å². The lowest BCUT2D eigenvalue weighted by atomic mass is 9.88. The summed E-state index contributed by atoms with van der Waals surface area (Å²) >= 11 is 0. The second-order valence-electron chi connectivity index (χ2n) is 5.68. The molecule has 1 heteroatoms. The van der Waals surface area contributed by atoms with Gasteiger partial charge in [0.05, 0.1) is 6.10 Å². The fraction of sp³-hybridized carbons (Fsp3) is 0.733. The Morgan fingerprint density at radius 3 is 2.38 bits per heavy atom. The second-order valence-corrected chi connectivity index (χ2v) is 5.68. The molecular formula is C15H28O. The first kappa shape index (κ1) is 15.4. The summed E-state index contributed by atoms with van der Waals surface area (Å²) < 4.78 is 0. The first-order chi connectivity index (χ1) is 7.37. The van der Waals surface area contributed by atoms with E-state index in [-0.39, 0.29) is 6.10 Å². The maximum Gasteiger partial charge on any atom is 0.0747 e. The summed E-state index contributed by atoms with van der Waals surface area (Å²) in [6, 6.07) is 0. The fourth-order valence-electron chi connectivity index (χ4n) is 1.45. The lowest BCUT2D eigenvalue weighted by Gasteiger charge is -2.20. The van der Waals surface area contributed by atoms with Crippen LogP contribution >= 0.6 is 0 Å². The zero-order chi connectivity index (χ0) is 12.6. The zero-order valence-corrected chi connectivity index (χ0v) is 11.6. The molecule has 0 saturated heterocycles. The Labute approximate surface area is 101 Å². The molecule has 0 amide bonds. The van der Waals surface area contributed by atoms with Gasteiger partial charge in [0.15, 0.2) is 0 Å². The summed E-state index contributed by atoms with van der Waals surface area (Å²) in [6.45, 7) is 10.8. The Bertz CT molecular complexity index is 230. The third kappa shape index (κ3) is 8.72. The van der Waals surface area contributed by atoms with Crippen LogP contribution in [0.2, 0.25) is 0 Å². The van der Waals surface area contributed by atoms with Crippen LogP contribution < -0.4 is 0 Å². The van der Waals surface area contributed by atoms with Crippen molar-refractivity contribution in [1.82, 2.24) is 0 Å². The van der Waals surface area contributed by atoms with E-state index in [0.717, 1.165) is 31.3 Å². The van der Waals surface area contributed by atoms with Crippen LogP contribution in [0, 0.1) is 5.41 Å². The smallest absolute Gasteiger partial charge is 0.0747 e. The van der Waals surface area contributed by atoms with Crippen molar-refractivity contribution in [1.29, 1.82) is 0 Å². The lowest BCUT2D eigenvalue weighted by Crippen LogP contribution is -2.13. The number of aliphatic hydroxyl groups excluding tert-OH is 1. The highest BCUT2D eigenvalue weighted by atomic mass is 16.3. The van der Waals surface area contributed by atoms with Crippen LogP contribution in [0.3, 0.4) is 0 Å². The Balaban J connectivity index is 3.97. The summed E-state index contributed by atoms with van der Waals surface area (Å²) in [6.07, 6.45) is 10.1. The van der Waals surface area contributed by atoms with E-state index in [0.29, 0.717) is 5.41 Å². The third-order valence-electron chi connectivity index (χ3n) is 2.67. The van der Waals surface area contributed by atoms with Crippen molar-refractivity contribution < 1.29 is 5.11 Å². The van der Waals surface area contributed by atoms with Gasteiger partial charge in [-0.05, 0) is 43.6 Å². The van der Waals surface area contributed by atoms with E-state index in [2.05, 4.69) is 45.9 Å². The lowest BCUT2D eigenvalue weighted by molar-refractivity contribution is 0.177. The molecule has 0 fully saturated rings. The van der Waals surface area contributed by atoms with Crippen LogP contribution in [0.25, 0.3) is 0 Å². The first-order valence-corrected chi connectivity index (χ1v) is 6.36. The standard InChI is InChI=1S/C15H28O/c1-6-7-8-9-10-13(2)14(16)11-12-15(3,4)5/h7-8,10,14,16H,6,9,11-12H2,1-5H3/b8-7+,13-10-. The van der Waals surface area contributed by atoms with Crippen LogP contribution in [0.4, 0.5) is 0 Å². The van der Waals surface area contributed by atoms with Crippen molar-refractivity contribution in [3.8, 4) is 0 Å². The van der Waals surface area contributed by atoms with E-state index in [1.54, 1.807) is 0 Å². The predicted octanol–water partition coefficient (Wildman–Crippen LogP) is 4.48. The van der Waals surface area contributed by atoms with Crippen molar-refractivity contribution in [3.05, 3.63) is 23.8 Å². The fourth-order valence-corrected chi connectivity index (χ4v) is 1.45. The second kappa shape index (κ2) is 7.67. The molecular weight excluding hydrogens is 196 g/mol. The Morgan fingerprint density at radius 2 is 1.88 bits per heavy atom. The van der Waals surface area contributed by atoms with Gasteiger partial charge in [-0.15, -0.1) is 0 Å². The van der Waals surface area contributed by atoms with E-state index in [1.165, 1.54) is 0 Å². The van der Waals surface area contributed by atoms with Gasteiger partial charge in [-0.25, -0.2) is 0 Å². The molecule has 0 rings (SSSR count). The van der Waals surface area contributed by atoms with Crippen molar-refractivity contribution in [2.24, 2.45) is 5.41 Å². The largest absolute Gasteiger partial charge is 0.389 e. The molecule has 1 unspecified atom stereocenters. The van der Waals surface area contributed by atoms with Gasteiger partial charge in [0.25, 0.3) is 0 Å². The molecule has 0 bridgehead atoms. The van der Waals surface area contributed by atoms with Crippen LogP contribution in [0.15, 0.2) is 23.8 Å². The van der Waals surface area contributed by atoms with E-state index < -0.39 is 0 Å². The molecule has 0 spiro atoms. The molecule has 1 atom stereocenters. The van der Waals surface area contributed by atoms with Crippen molar-refractivity contribution in [2.45, 2.75) is 66.4 Å². The van der Waals surface area contributed by atoms with Gasteiger partial charge in [-0.1, -0.05) is 45.9 Å². The van der Waals surface area contributed by atoms with Gasteiger partial charge in [-0.2, -0.15) is 0 Å². The minimum atomic E-state index is -0.269. The highest BCUT2D eigenvalue weighted by Gasteiger charge is 2.14. The molecule has 0 aliphatic carbocycles. The number of aliphatic hydroxyl groups is 1. The monoisotopic (exact) mass is 224 g/mol. The van der Waals surface area contributed by atoms with Crippen molar-refractivity contribution in [2.75, 3.05) is 0 Å². The Morgan fingerprint density at radius 1 is 1.25 bits per heavy atom. The quantitative estimate of drug-likeness (QED) is 0.660.